The Morgan fingerprint density at radius 2 is 1.44 bits per heavy atom. The molecule has 2 aliphatic rings. The smallest absolute Gasteiger partial charge is 0.205 e. The van der Waals surface area contributed by atoms with Gasteiger partial charge in [-0.3, -0.25) is 0 Å². The summed E-state index contributed by atoms with van der Waals surface area (Å²) in [6.45, 7) is 0. The van der Waals surface area contributed by atoms with Gasteiger partial charge in [0.25, 0.3) is 0 Å². The number of hydrogen-bond donors (Lipinski definition) is 0. The Morgan fingerprint density at radius 1 is 0.889 bits per heavy atom. The van der Waals surface area contributed by atoms with Crippen LogP contribution in [0.5, 0.6) is 0 Å². The fourth-order valence-electron chi connectivity index (χ4n) is 2.69. The average Bonchev–Trinajstić information content (AvgIpc) is 2.42. The Morgan fingerprint density at radius 3 is 2.00 bits per heavy atom. The molecular formula is C12H12F6. The van der Waals surface area contributed by atoms with E-state index in [1.165, 1.54) is 0 Å². The third kappa shape index (κ3) is 1.77. The molecule has 18 heavy (non-hydrogen) atoms. The van der Waals surface area contributed by atoms with Crippen molar-refractivity contribution in [3.63, 3.8) is 0 Å². The lowest BCUT2D eigenvalue weighted by Gasteiger charge is -2.38. The lowest BCUT2D eigenvalue weighted by atomic mass is 9.73. The van der Waals surface area contributed by atoms with Crippen LogP contribution in [0.25, 0.3) is 0 Å². The highest BCUT2D eigenvalue weighted by atomic mass is 19.2. The topological polar surface area (TPSA) is 0 Å². The van der Waals surface area contributed by atoms with Gasteiger partial charge in [-0.05, 0) is 12.8 Å². The summed E-state index contributed by atoms with van der Waals surface area (Å²) in [4.78, 5) is 0. The van der Waals surface area contributed by atoms with E-state index in [4.69, 9.17) is 0 Å². The molecule has 102 valence electrons. The number of alkyl halides is 2. The molecule has 0 bridgehead atoms. The first kappa shape index (κ1) is 13.5. The van der Waals surface area contributed by atoms with Crippen molar-refractivity contribution in [2.45, 2.75) is 43.9 Å². The van der Waals surface area contributed by atoms with Gasteiger partial charge in [-0.25, -0.2) is 26.3 Å². The number of hydrogen-bond acceptors (Lipinski definition) is 0. The molecule has 0 nitrogen and oxygen atoms in total. The quantitative estimate of drug-likeness (QED) is 0.593. The molecule has 0 aliphatic heterocycles. The minimum atomic E-state index is -3.41. The molecule has 0 aromatic heterocycles. The first-order chi connectivity index (χ1) is 8.40. The second-order valence-corrected chi connectivity index (χ2v) is 4.76. The van der Waals surface area contributed by atoms with Gasteiger partial charge in [0.05, 0.1) is 0 Å². The normalized spacial score (nSPS) is 35.3. The van der Waals surface area contributed by atoms with Crippen molar-refractivity contribution < 1.29 is 26.3 Å². The lowest BCUT2D eigenvalue weighted by Crippen LogP contribution is -2.47. The van der Waals surface area contributed by atoms with Gasteiger partial charge in [-0.2, -0.15) is 0 Å². The third-order valence-corrected chi connectivity index (χ3v) is 3.72. The molecule has 6 heteroatoms. The van der Waals surface area contributed by atoms with Crippen molar-refractivity contribution in [3.8, 4) is 0 Å². The SMILES string of the molecule is FC1=C(F)C(F)C(F)(C2CCCCC2)C(F)=C1F. The van der Waals surface area contributed by atoms with Crippen LogP contribution in [0.3, 0.4) is 0 Å². The third-order valence-electron chi connectivity index (χ3n) is 3.72. The van der Waals surface area contributed by atoms with Gasteiger partial charge in [0, 0.05) is 5.92 Å². The van der Waals surface area contributed by atoms with E-state index in [2.05, 4.69) is 0 Å². The number of rotatable bonds is 1. The Balaban J connectivity index is 2.43. The molecule has 0 saturated heterocycles. The number of halogens is 6. The van der Waals surface area contributed by atoms with Crippen LogP contribution in [0, 0.1) is 5.92 Å². The predicted molar refractivity (Wildman–Crippen MR) is 53.8 cm³/mol. The summed E-state index contributed by atoms with van der Waals surface area (Å²) >= 11 is 0. The standard InChI is InChI=1S/C12H12F6/c13-7-8(14)10(16)12(18,11(17)9(7)15)6-4-2-1-3-5-6/h6,10H,1-5H2. The first-order valence-corrected chi connectivity index (χ1v) is 5.85. The fraction of sp³-hybridized carbons (Fsp3) is 0.667. The highest BCUT2D eigenvalue weighted by molar-refractivity contribution is 5.39. The summed E-state index contributed by atoms with van der Waals surface area (Å²) in [5.74, 6) is -10.0. The Hall–Kier alpha value is -0.940. The van der Waals surface area contributed by atoms with Crippen LogP contribution in [0.4, 0.5) is 26.3 Å². The van der Waals surface area contributed by atoms with Crippen LogP contribution in [-0.2, 0) is 0 Å². The molecule has 0 spiro atoms. The highest BCUT2D eigenvalue weighted by Crippen LogP contribution is 2.51. The molecule has 2 atom stereocenters. The summed E-state index contributed by atoms with van der Waals surface area (Å²) in [6, 6.07) is 0. The summed E-state index contributed by atoms with van der Waals surface area (Å²) < 4.78 is 80.5. The zero-order chi connectivity index (χ0) is 13.5. The van der Waals surface area contributed by atoms with Crippen LogP contribution < -0.4 is 0 Å². The van der Waals surface area contributed by atoms with Crippen LogP contribution in [-0.4, -0.2) is 11.8 Å². The lowest BCUT2D eigenvalue weighted by molar-refractivity contribution is -0.00879. The second kappa shape index (κ2) is 4.63. The minimum absolute atomic E-state index is 0.131. The monoisotopic (exact) mass is 270 g/mol. The van der Waals surface area contributed by atoms with Gasteiger partial charge < -0.3 is 0 Å². The molecule has 0 aromatic carbocycles. The van der Waals surface area contributed by atoms with Crippen molar-refractivity contribution in [2.75, 3.05) is 0 Å². The summed E-state index contributed by atoms with van der Waals surface area (Å²) in [6.07, 6.45) is -0.999. The van der Waals surface area contributed by atoms with E-state index in [-0.39, 0.29) is 12.8 Å². The van der Waals surface area contributed by atoms with Crippen molar-refractivity contribution in [1.82, 2.24) is 0 Å². The van der Waals surface area contributed by atoms with Crippen molar-refractivity contribution in [1.29, 1.82) is 0 Å². The predicted octanol–water partition coefficient (Wildman–Crippen LogP) is 4.93. The van der Waals surface area contributed by atoms with Crippen molar-refractivity contribution in [3.05, 3.63) is 23.3 Å². The van der Waals surface area contributed by atoms with E-state index in [0.717, 1.165) is 6.42 Å². The molecule has 2 rings (SSSR count). The Labute approximate surface area is 100 Å². The Bertz CT molecular complexity index is 407. The molecule has 1 saturated carbocycles. The van der Waals surface area contributed by atoms with Crippen LogP contribution >= 0.6 is 0 Å². The summed E-state index contributed by atoms with van der Waals surface area (Å²) in [5, 5.41) is 0. The molecule has 0 aromatic rings. The maximum Gasteiger partial charge on any atom is 0.205 e. The molecule has 1 fully saturated rings. The maximum absolute atomic E-state index is 14.4. The van der Waals surface area contributed by atoms with Crippen LogP contribution in [0.2, 0.25) is 0 Å². The zero-order valence-corrected chi connectivity index (χ0v) is 9.46. The molecule has 0 radical (unpaired) electrons. The van der Waals surface area contributed by atoms with Gasteiger partial charge >= 0.3 is 0 Å². The van der Waals surface area contributed by atoms with E-state index >= 15 is 0 Å². The van der Waals surface area contributed by atoms with E-state index in [0.29, 0.717) is 12.8 Å². The summed E-state index contributed by atoms with van der Waals surface area (Å²) in [5.41, 5.74) is -3.41. The molecule has 0 heterocycles. The largest absolute Gasteiger partial charge is 0.236 e. The first-order valence-electron chi connectivity index (χ1n) is 5.85. The highest BCUT2D eigenvalue weighted by Gasteiger charge is 2.58. The van der Waals surface area contributed by atoms with Gasteiger partial charge in [-0.15, -0.1) is 0 Å². The fourth-order valence-corrected chi connectivity index (χ4v) is 2.69. The summed E-state index contributed by atoms with van der Waals surface area (Å²) in [7, 11) is 0. The van der Waals surface area contributed by atoms with Gasteiger partial charge in [0.1, 0.15) is 0 Å². The molecular weight excluding hydrogens is 258 g/mol. The van der Waals surface area contributed by atoms with Gasteiger partial charge in [-0.1, -0.05) is 19.3 Å². The average molecular weight is 270 g/mol. The van der Waals surface area contributed by atoms with Crippen LogP contribution in [0.1, 0.15) is 32.1 Å². The molecule has 2 aliphatic carbocycles. The second-order valence-electron chi connectivity index (χ2n) is 4.76. The van der Waals surface area contributed by atoms with Crippen molar-refractivity contribution >= 4 is 0 Å². The van der Waals surface area contributed by atoms with Gasteiger partial charge in [0.15, 0.2) is 29.5 Å². The maximum atomic E-state index is 14.4. The van der Waals surface area contributed by atoms with Crippen LogP contribution in [0.15, 0.2) is 23.3 Å². The Kier molecular flexibility index (Phi) is 3.47. The van der Waals surface area contributed by atoms with E-state index in [1.54, 1.807) is 0 Å². The van der Waals surface area contributed by atoms with E-state index in [1.807, 2.05) is 0 Å². The molecule has 2 unspecified atom stereocenters. The van der Waals surface area contributed by atoms with E-state index in [9.17, 15) is 26.3 Å². The molecule has 0 N–H and O–H groups in total. The minimum Gasteiger partial charge on any atom is -0.236 e. The van der Waals surface area contributed by atoms with Crippen molar-refractivity contribution in [2.24, 2.45) is 5.92 Å². The number of allylic oxidation sites excluding steroid dienone is 4. The molecule has 0 amide bonds. The zero-order valence-electron chi connectivity index (χ0n) is 9.46. The van der Waals surface area contributed by atoms with Gasteiger partial charge in [0.2, 0.25) is 5.67 Å². The van der Waals surface area contributed by atoms with E-state index < -0.39 is 41.1 Å².